The van der Waals surface area contributed by atoms with E-state index >= 15 is 0 Å². The Morgan fingerprint density at radius 3 is 1.75 bits per heavy atom. The van der Waals surface area contributed by atoms with Gasteiger partial charge in [-0.1, -0.05) is 36.4 Å². The van der Waals surface area contributed by atoms with Crippen molar-refractivity contribution in [3.8, 4) is 23.0 Å². The van der Waals surface area contributed by atoms with E-state index in [-0.39, 0.29) is 23.0 Å². The van der Waals surface area contributed by atoms with Crippen molar-refractivity contribution < 1.29 is 55.1 Å². The van der Waals surface area contributed by atoms with E-state index in [4.69, 9.17) is 41.2 Å². The zero-order chi connectivity index (χ0) is 38.0. The van der Waals surface area contributed by atoms with Gasteiger partial charge >= 0.3 is 9.33 Å². The van der Waals surface area contributed by atoms with Gasteiger partial charge in [-0.15, -0.1) is 0 Å². The highest BCUT2D eigenvalue weighted by Crippen LogP contribution is 2.57. The molecule has 0 saturated carbocycles. The molecule has 2 spiro atoms. The number of methoxy groups -OCH3 is 2. The second-order valence-electron chi connectivity index (χ2n) is 13.5. The number of rotatable bonds is 4. The molecule has 52 heavy (non-hydrogen) atoms. The summed E-state index contributed by atoms with van der Waals surface area (Å²) in [6.07, 6.45) is 10.1. The highest BCUT2D eigenvalue weighted by molar-refractivity contribution is 8.09. The molecule has 0 aromatic heterocycles. The van der Waals surface area contributed by atoms with Crippen molar-refractivity contribution in [2.45, 2.75) is 74.0 Å². The van der Waals surface area contributed by atoms with Crippen molar-refractivity contribution >= 4 is 31.4 Å². The van der Waals surface area contributed by atoms with Crippen molar-refractivity contribution in [2.75, 3.05) is 48.5 Å². The maximum absolute atomic E-state index is 10.9. The smallest absolute Gasteiger partial charge is 0.353 e. The number of halogens is 1. The molecule has 2 aromatic rings. The molecule has 6 aliphatic rings. The van der Waals surface area contributed by atoms with Crippen LogP contribution in [0.1, 0.15) is 47.9 Å². The third-order valence-electron chi connectivity index (χ3n) is 10.5. The Bertz CT molecular complexity index is 1800. The SMILES string of the molecule is CO.COc1ccc2c3c1O[C@H]1C[C@@H](O)C=C[C@]31CCN(C)C2.COc1ccc2c3c1O[C@H]1C[C@@H](OS(=O)[O-])C=C[C@]31CCN(C)C2.O=S(=O)(O)Cl. The number of aliphatic hydroxyl groups excluding tert-OH is 2. The molecule has 288 valence electrons. The van der Waals surface area contributed by atoms with Crippen LogP contribution in [-0.2, 0) is 48.8 Å². The molecule has 0 bridgehead atoms. The standard InChI is InChI=1S/C17H21NO5S.C17H21NO3.CH4O.ClHO3S/c1-18-8-7-17-6-5-12(23-24(19)20)9-14(17)22-16-13(21-2)4-3-11(10-18)15(16)17;1-18-8-7-17-6-5-12(19)9-14(17)21-16-13(20-2)4-3-11(10-18)15(16)17;1-2;1-5(2,3)4/h3-6,12,14H,7-10H2,1-2H3,(H,19,20);3-6,12,14,19H,7-10H2,1-2H3;2H,1H3;(H,2,3,4)/p-1/t2*12-,14-,17+;;/m00../s1. The summed E-state index contributed by atoms with van der Waals surface area (Å²) in [6, 6.07) is 8.21. The summed E-state index contributed by atoms with van der Waals surface area (Å²) in [5.74, 6) is 3.21. The Balaban J connectivity index is 0.000000172. The quantitative estimate of drug-likeness (QED) is 0.178. The fraction of sp³-hybridized carbons (Fsp3) is 0.543. The lowest BCUT2D eigenvalue weighted by Crippen LogP contribution is -2.43. The normalized spacial score (nSPS) is 29.9. The minimum atomic E-state index is -4.19. The number of hydrogen-bond acceptors (Lipinski definition) is 13. The molecule has 17 heteroatoms. The van der Waals surface area contributed by atoms with Crippen LogP contribution in [0.15, 0.2) is 48.6 Å². The lowest BCUT2D eigenvalue weighted by molar-refractivity contribution is 0.0821. The van der Waals surface area contributed by atoms with E-state index in [0.29, 0.717) is 12.8 Å². The van der Waals surface area contributed by atoms with Crippen LogP contribution < -0.4 is 18.9 Å². The monoisotopic (exact) mass is 785 g/mol. The predicted octanol–water partition coefficient (Wildman–Crippen LogP) is 3.16. The van der Waals surface area contributed by atoms with Crippen molar-refractivity contribution in [1.29, 1.82) is 0 Å². The molecule has 14 nitrogen and oxygen atoms in total. The fourth-order valence-electron chi connectivity index (χ4n) is 8.31. The van der Waals surface area contributed by atoms with Crippen LogP contribution >= 0.6 is 10.7 Å². The lowest BCUT2D eigenvalue weighted by atomic mass is 9.69. The lowest BCUT2D eigenvalue weighted by Gasteiger charge is -2.36. The van der Waals surface area contributed by atoms with Gasteiger partial charge in [-0.05, 0) is 63.3 Å². The number of ether oxygens (including phenoxy) is 4. The molecule has 2 aromatic carbocycles. The average Bonchev–Trinajstić information content (AvgIpc) is 3.50. The number of benzene rings is 2. The summed E-state index contributed by atoms with van der Waals surface area (Å²) in [4.78, 5) is 4.65. The zero-order valence-electron chi connectivity index (χ0n) is 29.7. The molecule has 4 heterocycles. The van der Waals surface area contributed by atoms with Crippen molar-refractivity contribution in [2.24, 2.45) is 0 Å². The molecule has 2 aliphatic carbocycles. The highest BCUT2D eigenvalue weighted by Gasteiger charge is 2.54. The summed E-state index contributed by atoms with van der Waals surface area (Å²) in [5.41, 5.74) is 4.67. The van der Waals surface area contributed by atoms with Gasteiger partial charge in [0.05, 0.1) is 48.6 Å². The first-order valence-electron chi connectivity index (χ1n) is 16.7. The first kappa shape index (κ1) is 40.4. The Morgan fingerprint density at radius 2 is 1.31 bits per heavy atom. The number of nitrogens with zero attached hydrogens (tertiary/aromatic N) is 2. The van der Waals surface area contributed by atoms with E-state index in [2.05, 4.69) is 58.9 Å². The predicted molar refractivity (Wildman–Crippen MR) is 193 cm³/mol. The van der Waals surface area contributed by atoms with E-state index in [1.54, 1.807) is 14.2 Å². The molecule has 0 fully saturated rings. The molecule has 0 amide bonds. The van der Waals surface area contributed by atoms with Crippen LogP contribution in [0.5, 0.6) is 23.0 Å². The molecule has 3 N–H and O–H groups in total. The molecular weight excluding hydrogens is 740 g/mol. The van der Waals surface area contributed by atoms with Gasteiger partial charge in [0.1, 0.15) is 12.2 Å². The summed E-state index contributed by atoms with van der Waals surface area (Å²) < 4.78 is 75.4. The molecular formula is C35H46ClN2O12S2-. The Labute approximate surface area is 311 Å². The zero-order valence-corrected chi connectivity index (χ0v) is 32.1. The molecule has 0 saturated heterocycles. The van der Waals surface area contributed by atoms with Gasteiger partial charge < -0.3 is 43.5 Å². The average molecular weight is 786 g/mol. The minimum absolute atomic E-state index is 0.00838. The molecule has 4 aliphatic heterocycles. The van der Waals surface area contributed by atoms with E-state index in [9.17, 15) is 13.9 Å². The van der Waals surface area contributed by atoms with E-state index in [1.807, 2.05) is 24.3 Å². The molecule has 7 atom stereocenters. The van der Waals surface area contributed by atoms with Crippen LogP contribution in [0, 0.1) is 0 Å². The molecule has 8 rings (SSSR count). The maximum Gasteiger partial charge on any atom is 0.353 e. The second-order valence-corrected chi connectivity index (χ2v) is 16.1. The van der Waals surface area contributed by atoms with Crippen LogP contribution in [0.3, 0.4) is 0 Å². The van der Waals surface area contributed by atoms with E-state index in [1.165, 1.54) is 22.3 Å². The maximum atomic E-state index is 10.9. The highest BCUT2D eigenvalue weighted by atomic mass is 35.7. The van der Waals surface area contributed by atoms with Crippen molar-refractivity contribution in [3.63, 3.8) is 0 Å². The Kier molecular flexibility index (Phi) is 12.7. The van der Waals surface area contributed by atoms with Gasteiger partial charge in [-0.3, -0.25) is 8.74 Å². The van der Waals surface area contributed by atoms with E-state index < -0.39 is 32.9 Å². The summed E-state index contributed by atoms with van der Waals surface area (Å²) in [5, 5.41) is 17.0. The first-order valence-corrected chi connectivity index (χ1v) is 20.0. The topological polar surface area (TPSA) is 188 Å². The summed E-state index contributed by atoms with van der Waals surface area (Å²) >= 11 is -2.53. The van der Waals surface area contributed by atoms with Gasteiger partial charge in [0.2, 0.25) is 0 Å². The molecule has 1 unspecified atom stereocenters. The van der Waals surface area contributed by atoms with Gasteiger partial charge in [0.15, 0.2) is 23.0 Å². The van der Waals surface area contributed by atoms with Gasteiger partial charge in [-0.25, -0.2) is 4.21 Å². The van der Waals surface area contributed by atoms with Crippen LogP contribution in [-0.4, -0.2) is 115 Å². The Hall–Kier alpha value is -2.77. The Morgan fingerprint density at radius 1 is 0.865 bits per heavy atom. The van der Waals surface area contributed by atoms with Crippen LogP contribution in [0.4, 0.5) is 0 Å². The van der Waals surface area contributed by atoms with Gasteiger partial charge in [0, 0.05) is 54.9 Å². The third-order valence-corrected chi connectivity index (χ3v) is 10.9. The summed E-state index contributed by atoms with van der Waals surface area (Å²) in [6.45, 7) is 3.76. The third kappa shape index (κ3) is 8.16. The minimum Gasteiger partial charge on any atom is -0.750 e. The summed E-state index contributed by atoms with van der Waals surface area (Å²) in [7, 11) is 8.46. The first-order chi connectivity index (χ1) is 24.7. The number of aliphatic hydroxyl groups is 2. The molecule has 0 radical (unpaired) electrons. The van der Waals surface area contributed by atoms with Crippen molar-refractivity contribution in [3.05, 3.63) is 70.8 Å². The number of hydrogen-bond donors (Lipinski definition) is 3. The van der Waals surface area contributed by atoms with Crippen LogP contribution in [0.2, 0.25) is 0 Å². The second kappa shape index (κ2) is 16.3. The largest absolute Gasteiger partial charge is 0.750 e. The fourth-order valence-corrected chi connectivity index (χ4v) is 8.66. The van der Waals surface area contributed by atoms with Crippen molar-refractivity contribution in [1.82, 2.24) is 9.80 Å². The van der Waals surface area contributed by atoms with Gasteiger partial charge in [0.25, 0.3) is 0 Å². The van der Waals surface area contributed by atoms with Crippen LogP contribution in [0.25, 0.3) is 0 Å². The van der Waals surface area contributed by atoms with Gasteiger partial charge in [-0.2, -0.15) is 8.42 Å². The van der Waals surface area contributed by atoms with E-state index in [0.717, 1.165) is 69.1 Å².